The lowest BCUT2D eigenvalue weighted by atomic mass is 9.86. The van der Waals surface area contributed by atoms with Gasteiger partial charge in [0.25, 0.3) is 0 Å². The molecular weight excluding hydrogens is 332 g/mol. The van der Waals surface area contributed by atoms with Crippen molar-refractivity contribution in [3.05, 3.63) is 39.7 Å². The van der Waals surface area contributed by atoms with Crippen LogP contribution in [0.3, 0.4) is 0 Å². The summed E-state index contributed by atoms with van der Waals surface area (Å²) in [4.78, 5) is 24.1. The van der Waals surface area contributed by atoms with Crippen LogP contribution in [0.4, 0.5) is 0 Å². The van der Waals surface area contributed by atoms with Gasteiger partial charge in [-0.2, -0.15) is 0 Å². The third-order valence-corrected chi connectivity index (χ3v) is 6.11. The number of fused-ring (bicyclic) bond motifs is 3. The van der Waals surface area contributed by atoms with Crippen molar-refractivity contribution in [2.24, 2.45) is 17.8 Å². The Balaban J connectivity index is 1.49. The fraction of sp³-hybridized carbons (Fsp3) is 0.524. The van der Waals surface area contributed by atoms with Gasteiger partial charge in [0.15, 0.2) is 0 Å². The van der Waals surface area contributed by atoms with Crippen LogP contribution in [-0.4, -0.2) is 11.1 Å². The van der Waals surface area contributed by atoms with Crippen molar-refractivity contribution in [3.63, 3.8) is 0 Å². The van der Waals surface area contributed by atoms with E-state index in [0.717, 1.165) is 17.9 Å². The van der Waals surface area contributed by atoms with Crippen LogP contribution in [0.1, 0.15) is 50.2 Å². The van der Waals surface area contributed by atoms with Gasteiger partial charge in [0.2, 0.25) is 0 Å². The number of hydrogen-bond donors (Lipinski definition) is 1. The molecule has 0 radical (unpaired) electrons. The minimum absolute atomic E-state index is 0.0513. The molecule has 2 aliphatic carbocycles. The van der Waals surface area contributed by atoms with Gasteiger partial charge in [-0.15, -0.1) is 0 Å². The topological polar surface area (TPSA) is 76.7 Å². The summed E-state index contributed by atoms with van der Waals surface area (Å²) in [5.74, 6) is 1.86. The monoisotopic (exact) mass is 356 g/mol. The number of phenolic OH excluding ortho intramolecular Hbond substituents is 1. The second-order valence-electron chi connectivity index (χ2n) is 7.72. The van der Waals surface area contributed by atoms with Gasteiger partial charge in [0, 0.05) is 29.5 Å². The van der Waals surface area contributed by atoms with Crippen LogP contribution in [0, 0.1) is 17.8 Å². The van der Waals surface area contributed by atoms with Crippen molar-refractivity contribution in [2.45, 2.75) is 52.1 Å². The highest BCUT2D eigenvalue weighted by Crippen LogP contribution is 2.49. The quantitative estimate of drug-likeness (QED) is 0.649. The number of benzene rings is 1. The molecule has 0 spiro atoms. The van der Waals surface area contributed by atoms with Crippen molar-refractivity contribution in [1.29, 1.82) is 0 Å². The number of aromatic hydroxyl groups is 1. The van der Waals surface area contributed by atoms with Gasteiger partial charge in [-0.25, -0.2) is 4.79 Å². The van der Waals surface area contributed by atoms with Crippen molar-refractivity contribution in [2.75, 3.05) is 0 Å². The van der Waals surface area contributed by atoms with E-state index in [1.807, 2.05) is 6.92 Å². The molecule has 1 heterocycles. The maximum absolute atomic E-state index is 12.3. The van der Waals surface area contributed by atoms with E-state index >= 15 is 0 Å². The molecular formula is C21H24O5. The number of rotatable bonds is 5. The van der Waals surface area contributed by atoms with Gasteiger partial charge in [-0.3, -0.25) is 4.79 Å². The van der Waals surface area contributed by atoms with Gasteiger partial charge in [0.1, 0.15) is 17.9 Å². The van der Waals surface area contributed by atoms with Gasteiger partial charge >= 0.3 is 11.6 Å². The Labute approximate surface area is 152 Å². The number of aryl methyl sites for hydroxylation is 1. The zero-order chi connectivity index (χ0) is 18.3. The molecule has 2 bridgehead atoms. The second kappa shape index (κ2) is 6.78. The van der Waals surface area contributed by atoms with E-state index in [9.17, 15) is 14.7 Å². The molecule has 1 aromatic heterocycles. The Bertz CT molecular complexity index is 897. The lowest BCUT2D eigenvalue weighted by Crippen LogP contribution is -2.17. The van der Waals surface area contributed by atoms with Crippen LogP contribution in [0.5, 0.6) is 5.75 Å². The number of esters is 1. The van der Waals surface area contributed by atoms with Crippen molar-refractivity contribution in [1.82, 2.24) is 0 Å². The molecule has 0 amide bonds. The zero-order valence-electron chi connectivity index (χ0n) is 15.0. The standard InChI is InChI=1S/C21H24O5/c1-2-13-7-17-16(9-21(24)26-19(17)10-18(13)22)11-25-20(23)8-15-6-12-3-4-14(15)5-12/h7,9-10,12,14-15,22H,2-6,8,11H2,1H3/t12-,14+,15-/m0/s1. The second-order valence-corrected chi connectivity index (χ2v) is 7.72. The minimum atomic E-state index is -0.514. The van der Waals surface area contributed by atoms with Crippen LogP contribution in [0.25, 0.3) is 11.0 Å². The number of phenols is 1. The van der Waals surface area contributed by atoms with E-state index in [1.165, 1.54) is 31.4 Å². The van der Waals surface area contributed by atoms with E-state index in [0.29, 0.717) is 41.2 Å². The molecule has 4 rings (SSSR count). The number of carbonyl (C=O) groups is 1. The maximum Gasteiger partial charge on any atom is 0.336 e. The highest BCUT2D eigenvalue weighted by atomic mass is 16.5. The molecule has 5 nitrogen and oxygen atoms in total. The maximum atomic E-state index is 12.3. The molecule has 0 aliphatic heterocycles. The average Bonchev–Trinajstić information content (AvgIpc) is 3.22. The van der Waals surface area contributed by atoms with Crippen molar-refractivity contribution >= 4 is 16.9 Å². The summed E-state index contributed by atoms with van der Waals surface area (Å²) < 4.78 is 10.7. The van der Waals surface area contributed by atoms with E-state index in [2.05, 4.69) is 0 Å². The molecule has 5 heteroatoms. The SMILES string of the molecule is CCc1cc2c(COC(=O)C[C@@H]3C[C@H]4CC[C@@H]3C4)cc(=O)oc2cc1O. The van der Waals surface area contributed by atoms with Crippen molar-refractivity contribution < 1.29 is 19.1 Å². The summed E-state index contributed by atoms with van der Waals surface area (Å²) in [5, 5.41) is 10.7. The lowest BCUT2D eigenvalue weighted by Gasteiger charge is -2.20. The number of ether oxygens (including phenoxy) is 1. The molecule has 2 aliphatic rings. The number of hydrogen-bond acceptors (Lipinski definition) is 5. The normalized spacial score (nSPS) is 24.3. The van der Waals surface area contributed by atoms with Gasteiger partial charge in [-0.1, -0.05) is 13.3 Å². The largest absolute Gasteiger partial charge is 0.508 e. The first-order chi connectivity index (χ1) is 12.5. The van der Waals surface area contributed by atoms with Crippen LogP contribution in [-0.2, 0) is 22.6 Å². The van der Waals surface area contributed by atoms with Crippen LogP contribution < -0.4 is 5.63 Å². The highest BCUT2D eigenvalue weighted by Gasteiger charge is 2.40. The summed E-state index contributed by atoms with van der Waals surface area (Å²) in [6.45, 7) is 1.99. The van der Waals surface area contributed by atoms with Crippen molar-refractivity contribution in [3.8, 4) is 5.75 Å². The molecule has 0 unspecified atom stereocenters. The van der Waals surface area contributed by atoms with E-state index in [1.54, 1.807) is 6.07 Å². The molecule has 2 fully saturated rings. The Hall–Kier alpha value is -2.30. The third-order valence-electron chi connectivity index (χ3n) is 6.11. The first-order valence-corrected chi connectivity index (χ1v) is 9.47. The molecule has 3 atom stereocenters. The fourth-order valence-electron chi connectivity index (χ4n) is 4.77. The van der Waals surface area contributed by atoms with E-state index in [-0.39, 0.29) is 18.3 Å². The predicted octanol–water partition coefficient (Wildman–Crippen LogP) is 3.93. The van der Waals surface area contributed by atoms with Gasteiger partial charge in [0.05, 0.1) is 0 Å². The Kier molecular flexibility index (Phi) is 4.47. The third kappa shape index (κ3) is 3.22. The molecule has 1 aromatic carbocycles. The zero-order valence-corrected chi connectivity index (χ0v) is 15.0. The van der Waals surface area contributed by atoms with E-state index in [4.69, 9.17) is 9.15 Å². The molecule has 138 valence electrons. The summed E-state index contributed by atoms with van der Waals surface area (Å²) in [5.41, 5.74) is 1.18. The summed E-state index contributed by atoms with van der Waals surface area (Å²) >= 11 is 0. The number of carbonyl (C=O) groups excluding carboxylic acids is 1. The Morgan fingerprint density at radius 3 is 2.77 bits per heavy atom. The van der Waals surface area contributed by atoms with E-state index < -0.39 is 5.63 Å². The van der Waals surface area contributed by atoms with Crippen LogP contribution in [0.15, 0.2) is 27.4 Å². The first-order valence-electron chi connectivity index (χ1n) is 9.47. The molecule has 1 N–H and O–H groups in total. The lowest BCUT2D eigenvalue weighted by molar-refractivity contribution is -0.146. The first kappa shape index (κ1) is 17.1. The molecule has 2 aromatic rings. The smallest absolute Gasteiger partial charge is 0.336 e. The summed E-state index contributed by atoms with van der Waals surface area (Å²) in [6, 6.07) is 4.62. The predicted molar refractivity (Wildman–Crippen MR) is 96.9 cm³/mol. The van der Waals surface area contributed by atoms with Crippen LogP contribution in [0.2, 0.25) is 0 Å². The Morgan fingerprint density at radius 2 is 2.08 bits per heavy atom. The Morgan fingerprint density at radius 1 is 1.23 bits per heavy atom. The summed E-state index contributed by atoms with van der Waals surface area (Å²) in [6.07, 6.45) is 6.11. The van der Waals surface area contributed by atoms with Gasteiger partial charge < -0.3 is 14.3 Å². The molecule has 2 saturated carbocycles. The minimum Gasteiger partial charge on any atom is -0.508 e. The highest BCUT2D eigenvalue weighted by molar-refractivity contribution is 5.83. The summed E-state index contributed by atoms with van der Waals surface area (Å²) in [7, 11) is 0. The molecule has 26 heavy (non-hydrogen) atoms. The van der Waals surface area contributed by atoms with Gasteiger partial charge in [-0.05, 0) is 55.1 Å². The van der Waals surface area contributed by atoms with Crippen LogP contribution >= 0.6 is 0 Å². The fourth-order valence-corrected chi connectivity index (χ4v) is 4.77. The molecule has 0 saturated heterocycles. The average molecular weight is 356 g/mol.